The minimum atomic E-state index is 0.483. The van der Waals surface area contributed by atoms with E-state index in [2.05, 4.69) is 25.8 Å². The third kappa shape index (κ3) is 2.47. The zero-order valence-electron chi connectivity index (χ0n) is 12.4. The average Bonchev–Trinajstić information content (AvgIpc) is 3.06. The van der Waals surface area contributed by atoms with Crippen molar-refractivity contribution < 1.29 is 4.74 Å². The van der Waals surface area contributed by atoms with Gasteiger partial charge in [-0.15, -0.1) is 5.10 Å². The first kappa shape index (κ1) is 14.9. The molecule has 0 saturated heterocycles. The van der Waals surface area contributed by atoms with Gasteiger partial charge in [0.15, 0.2) is 5.82 Å². The molecule has 1 N–H and O–H groups in total. The third-order valence-corrected chi connectivity index (χ3v) is 4.02. The van der Waals surface area contributed by atoms with Gasteiger partial charge in [0.25, 0.3) is 0 Å². The topological polar surface area (TPSA) is 77.2 Å². The van der Waals surface area contributed by atoms with Crippen LogP contribution in [0.4, 0.5) is 11.5 Å². The Bertz CT molecular complexity index is 1060. The van der Waals surface area contributed by atoms with Crippen LogP contribution in [-0.2, 0) is 0 Å². The Morgan fingerprint density at radius 3 is 2.79 bits per heavy atom. The molecule has 0 aliphatic heterocycles. The maximum atomic E-state index is 6.16. The molecular formula is C15H10Cl2N6O. The number of benzene rings is 2. The largest absolute Gasteiger partial charge is 0.495 e. The minimum absolute atomic E-state index is 0.483. The van der Waals surface area contributed by atoms with E-state index in [1.54, 1.807) is 35.9 Å². The van der Waals surface area contributed by atoms with E-state index in [0.29, 0.717) is 32.8 Å². The summed E-state index contributed by atoms with van der Waals surface area (Å²) in [4.78, 5) is 4.58. The van der Waals surface area contributed by atoms with Gasteiger partial charge in [-0.2, -0.15) is 4.52 Å². The molecule has 0 atom stereocenters. The summed E-state index contributed by atoms with van der Waals surface area (Å²) in [6.45, 7) is 0. The molecular weight excluding hydrogens is 351 g/mol. The lowest BCUT2D eigenvalue weighted by Crippen LogP contribution is -2.01. The maximum Gasteiger partial charge on any atom is 0.222 e. The highest BCUT2D eigenvalue weighted by Gasteiger charge is 2.13. The van der Waals surface area contributed by atoms with Gasteiger partial charge in [0.1, 0.15) is 5.75 Å². The highest BCUT2D eigenvalue weighted by Crippen LogP contribution is 2.30. The first-order valence-corrected chi connectivity index (χ1v) is 7.69. The standard InChI is InChI=1S/C15H10Cl2N6O/c1-24-13-5-3-9(7-10(13)17)18-14-15-20-21-22-23(15)12-6-8(16)2-4-11(12)19-14/h2-7H,1H3,(H,18,19). The Morgan fingerprint density at radius 2 is 2.00 bits per heavy atom. The molecule has 24 heavy (non-hydrogen) atoms. The van der Waals surface area contributed by atoms with Gasteiger partial charge in [0, 0.05) is 10.7 Å². The van der Waals surface area contributed by atoms with Crippen LogP contribution >= 0.6 is 23.2 Å². The fraction of sp³-hybridized carbons (Fsp3) is 0.0667. The molecule has 0 aliphatic carbocycles. The normalized spacial score (nSPS) is 11.1. The van der Waals surface area contributed by atoms with Crippen molar-refractivity contribution in [1.29, 1.82) is 0 Å². The van der Waals surface area contributed by atoms with Crippen LogP contribution in [0.3, 0.4) is 0 Å². The number of ether oxygens (including phenoxy) is 1. The van der Waals surface area contributed by atoms with Crippen LogP contribution in [0, 0.1) is 0 Å². The zero-order valence-corrected chi connectivity index (χ0v) is 13.9. The van der Waals surface area contributed by atoms with Crippen LogP contribution in [0.1, 0.15) is 0 Å². The van der Waals surface area contributed by atoms with Gasteiger partial charge in [-0.3, -0.25) is 0 Å². The molecule has 0 radical (unpaired) electrons. The molecule has 0 saturated carbocycles. The van der Waals surface area contributed by atoms with E-state index in [1.807, 2.05) is 12.1 Å². The Balaban J connectivity index is 1.85. The molecule has 4 rings (SSSR count). The number of rotatable bonds is 3. The van der Waals surface area contributed by atoms with Crippen LogP contribution in [0.15, 0.2) is 36.4 Å². The Kier molecular flexibility index (Phi) is 3.59. The highest BCUT2D eigenvalue weighted by atomic mass is 35.5. The van der Waals surface area contributed by atoms with Gasteiger partial charge < -0.3 is 10.1 Å². The molecule has 2 aromatic heterocycles. The predicted molar refractivity (Wildman–Crippen MR) is 92.4 cm³/mol. The van der Waals surface area contributed by atoms with Crippen molar-refractivity contribution in [1.82, 2.24) is 25.0 Å². The van der Waals surface area contributed by atoms with E-state index in [9.17, 15) is 0 Å². The number of halogens is 2. The van der Waals surface area contributed by atoms with E-state index in [-0.39, 0.29) is 0 Å². The predicted octanol–water partition coefficient (Wildman–Crippen LogP) is 3.73. The van der Waals surface area contributed by atoms with Crippen molar-refractivity contribution in [2.75, 3.05) is 12.4 Å². The molecule has 9 heteroatoms. The fourth-order valence-corrected chi connectivity index (χ4v) is 2.82. The molecule has 0 spiro atoms. The maximum absolute atomic E-state index is 6.16. The Labute approximate surface area is 146 Å². The van der Waals surface area contributed by atoms with Crippen LogP contribution < -0.4 is 10.1 Å². The molecule has 0 unspecified atom stereocenters. The van der Waals surface area contributed by atoms with Crippen LogP contribution in [-0.4, -0.2) is 32.1 Å². The SMILES string of the molecule is COc1ccc(Nc2nc3ccc(Cl)cc3n3nnnc23)cc1Cl. The summed E-state index contributed by atoms with van der Waals surface area (Å²) in [6.07, 6.45) is 0. The van der Waals surface area contributed by atoms with Gasteiger partial charge in [0.05, 0.1) is 23.2 Å². The summed E-state index contributed by atoms with van der Waals surface area (Å²) in [5, 5.41) is 16.0. The minimum Gasteiger partial charge on any atom is -0.495 e. The molecule has 4 aromatic rings. The smallest absolute Gasteiger partial charge is 0.222 e. The number of methoxy groups -OCH3 is 1. The fourth-order valence-electron chi connectivity index (χ4n) is 2.39. The van der Waals surface area contributed by atoms with E-state index in [1.165, 1.54) is 0 Å². The lowest BCUT2D eigenvalue weighted by atomic mass is 10.3. The lowest BCUT2D eigenvalue weighted by molar-refractivity contribution is 0.415. The van der Waals surface area contributed by atoms with E-state index in [0.717, 1.165) is 11.2 Å². The van der Waals surface area contributed by atoms with Crippen molar-refractivity contribution in [3.05, 3.63) is 46.4 Å². The summed E-state index contributed by atoms with van der Waals surface area (Å²) in [7, 11) is 1.57. The van der Waals surface area contributed by atoms with Gasteiger partial charge in [-0.1, -0.05) is 23.2 Å². The summed E-state index contributed by atoms with van der Waals surface area (Å²) in [5.41, 5.74) is 2.66. The van der Waals surface area contributed by atoms with Crippen molar-refractivity contribution in [3.8, 4) is 5.75 Å². The van der Waals surface area contributed by atoms with Crippen LogP contribution in [0.5, 0.6) is 5.75 Å². The van der Waals surface area contributed by atoms with Crippen molar-refractivity contribution >= 4 is 51.4 Å². The molecule has 0 amide bonds. The quantitative estimate of drug-likeness (QED) is 0.599. The van der Waals surface area contributed by atoms with Gasteiger partial charge >= 0.3 is 0 Å². The summed E-state index contributed by atoms with van der Waals surface area (Å²) in [5.74, 6) is 1.11. The van der Waals surface area contributed by atoms with Crippen molar-refractivity contribution in [2.45, 2.75) is 0 Å². The second kappa shape index (κ2) is 5.77. The van der Waals surface area contributed by atoms with Crippen molar-refractivity contribution in [3.63, 3.8) is 0 Å². The third-order valence-electron chi connectivity index (χ3n) is 3.49. The molecule has 7 nitrogen and oxygen atoms in total. The van der Waals surface area contributed by atoms with Gasteiger partial charge in [-0.25, -0.2) is 4.98 Å². The molecule has 0 bridgehead atoms. The number of hydrogen-bond acceptors (Lipinski definition) is 6. The van der Waals surface area contributed by atoms with Crippen molar-refractivity contribution in [2.24, 2.45) is 0 Å². The van der Waals surface area contributed by atoms with Crippen LogP contribution in [0.2, 0.25) is 10.0 Å². The van der Waals surface area contributed by atoms with E-state index in [4.69, 9.17) is 27.9 Å². The first-order valence-electron chi connectivity index (χ1n) is 6.93. The zero-order chi connectivity index (χ0) is 16.7. The second-order valence-electron chi connectivity index (χ2n) is 4.98. The van der Waals surface area contributed by atoms with Crippen LogP contribution in [0.25, 0.3) is 16.7 Å². The Hall–Kier alpha value is -2.64. The molecule has 2 aromatic carbocycles. The monoisotopic (exact) mass is 360 g/mol. The summed E-state index contributed by atoms with van der Waals surface area (Å²) >= 11 is 12.2. The number of fused-ring (bicyclic) bond motifs is 3. The number of tetrazole rings is 1. The highest BCUT2D eigenvalue weighted by molar-refractivity contribution is 6.32. The number of nitrogens with zero attached hydrogens (tertiary/aromatic N) is 5. The number of nitrogens with one attached hydrogen (secondary N) is 1. The molecule has 0 aliphatic rings. The Morgan fingerprint density at radius 1 is 1.12 bits per heavy atom. The first-order chi connectivity index (χ1) is 11.7. The van der Waals surface area contributed by atoms with Gasteiger partial charge in [0.2, 0.25) is 5.65 Å². The molecule has 2 heterocycles. The number of hydrogen-bond donors (Lipinski definition) is 1. The van der Waals surface area contributed by atoms with E-state index >= 15 is 0 Å². The lowest BCUT2D eigenvalue weighted by Gasteiger charge is -2.10. The number of aromatic nitrogens is 5. The number of anilines is 2. The summed E-state index contributed by atoms with van der Waals surface area (Å²) in [6, 6.07) is 10.7. The van der Waals surface area contributed by atoms with Gasteiger partial charge in [-0.05, 0) is 46.8 Å². The second-order valence-corrected chi connectivity index (χ2v) is 5.83. The molecule has 120 valence electrons. The van der Waals surface area contributed by atoms with E-state index < -0.39 is 0 Å². The average molecular weight is 361 g/mol. The molecule has 0 fully saturated rings. The summed E-state index contributed by atoms with van der Waals surface area (Å²) < 4.78 is 6.74.